The van der Waals surface area contributed by atoms with Crippen LogP contribution in [0.4, 0.5) is 0 Å². The van der Waals surface area contributed by atoms with Gasteiger partial charge in [-0.3, -0.25) is 9.59 Å². The maximum absolute atomic E-state index is 13.8. The van der Waals surface area contributed by atoms with E-state index in [-0.39, 0.29) is 31.0 Å². The summed E-state index contributed by atoms with van der Waals surface area (Å²) in [5.74, 6) is 0.0319. The second-order valence-corrected chi connectivity index (χ2v) is 10.8. The quantitative estimate of drug-likeness (QED) is 0.305. The Hall–Kier alpha value is -2.38. The number of hydrogen-bond donors (Lipinski definition) is 3. The Kier molecular flexibility index (Phi) is 10.0. The van der Waals surface area contributed by atoms with Gasteiger partial charge in [-0.05, 0) is 31.4 Å². The number of rotatable bonds is 11. The van der Waals surface area contributed by atoms with Crippen LogP contribution in [0.1, 0.15) is 95.5 Å². The molecule has 1 aromatic carbocycles. The maximum atomic E-state index is 13.8. The summed E-state index contributed by atoms with van der Waals surface area (Å²) in [6, 6.07) is 7.01. The molecule has 7 nitrogen and oxygen atoms in total. The van der Waals surface area contributed by atoms with Crippen LogP contribution in [-0.2, 0) is 9.59 Å². The van der Waals surface area contributed by atoms with Crippen LogP contribution in [0, 0.1) is 0 Å². The Balaban J connectivity index is 1.66. The van der Waals surface area contributed by atoms with Gasteiger partial charge in [0.25, 0.3) is 0 Å². The van der Waals surface area contributed by atoms with Crippen molar-refractivity contribution in [2.45, 2.75) is 114 Å². The number of para-hydroxylation sites is 1. The average Bonchev–Trinajstić information content (AvgIpc) is 3.09. The first kappa shape index (κ1) is 27.6. The van der Waals surface area contributed by atoms with E-state index < -0.39 is 24.2 Å². The van der Waals surface area contributed by atoms with Crippen molar-refractivity contribution in [3.8, 4) is 5.75 Å². The number of aliphatic hydroxyl groups is 2. The predicted octanol–water partition coefficient (Wildman–Crippen LogP) is 4.22. The van der Waals surface area contributed by atoms with Crippen LogP contribution in [-0.4, -0.2) is 64.4 Å². The van der Waals surface area contributed by atoms with Gasteiger partial charge in [-0.2, -0.15) is 0 Å². The molecule has 204 valence electrons. The summed E-state index contributed by atoms with van der Waals surface area (Å²) in [6.07, 6.45) is 12.3. The molecular formula is C30H44N2O5. The van der Waals surface area contributed by atoms with E-state index in [1.165, 1.54) is 6.42 Å². The molecule has 37 heavy (non-hydrogen) atoms. The highest BCUT2D eigenvalue weighted by atomic mass is 16.5. The molecule has 2 aliphatic carbocycles. The Morgan fingerprint density at radius 1 is 1.05 bits per heavy atom. The monoisotopic (exact) mass is 512 g/mol. The molecule has 7 heteroatoms. The number of nitrogens with zero attached hydrogens (tertiary/aromatic N) is 1. The third kappa shape index (κ3) is 6.37. The zero-order valence-electron chi connectivity index (χ0n) is 22.2. The Morgan fingerprint density at radius 3 is 2.51 bits per heavy atom. The molecule has 1 heterocycles. The minimum Gasteiger partial charge on any atom is -0.486 e. The topological polar surface area (TPSA) is 99.1 Å². The predicted molar refractivity (Wildman–Crippen MR) is 143 cm³/mol. The molecule has 1 saturated carbocycles. The number of hydrogen-bond acceptors (Lipinski definition) is 5. The third-order valence-corrected chi connectivity index (χ3v) is 8.20. The van der Waals surface area contributed by atoms with Crippen LogP contribution < -0.4 is 10.1 Å². The summed E-state index contributed by atoms with van der Waals surface area (Å²) in [4.78, 5) is 29.0. The second-order valence-electron chi connectivity index (χ2n) is 10.8. The number of carbonyl (C=O) groups is 2. The fourth-order valence-corrected chi connectivity index (χ4v) is 6.32. The lowest BCUT2D eigenvalue weighted by Crippen LogP contribution is -2.58. The van der Waals surface area contributed by atoms with Gasteiger partial charge >= 0.3 is 0 Å². The van der Waals surface area contributed by atoms with Crippen LogP contribution in [0.25, 0.3) is 0 Å². The number of ether oxygens (including phenoxy) is 1. The molecule has 0 aromatic heterocycles. The number of benzene rings is 1. The first-order valence-corrected chi connectivity index (χ1v) is 14.4. The van der Waals surface area contributed by atoms with Gasteiger partial charge in [0.1, 0.15) is 18.0 Å². The van der Waals surface area contributed by atoms with Gasteiger partial charge in [0.15, 0.2) is 0 Å². The standard InChI is InChI=1S/C30H44N2O5/c1-2-3-4-5-10-17-26(34)32(21-13-8-6-7-9-14-21)24-20-23(30(36)31-18-19-33)27-22-15-11-12-16-25(22)37-29(27)28(24)35/h11-12,15-16,20-21,24,27-29,33,35H,2-10,13-14,17-19H2,1H3,(H,31,36). The zero-order valence-corrected chi connectivity index (χ0v) is 22.2. The summed E-state index contributed by atoms with van der Waals surface area (Å²) >= 11 is 0. The van der Waals surface area contributed by atoms with Crippen molar-refractivity contribution < 1.29 is 24.5 Å². The lowest BCUT2D eigenvalue weighted by molar-refractivity contribution is -0.141. The van der Waals surface area contributed by atoms with Gasteiger partial charge in [-0.15, -0.1) is 0 Å². The number of amides is 2. The van der Waals surface area contributed by atoms with Crippen molar-refractivity contribution in [2.24, 2.45) is 0 Å². The zero-order chi connectivity index (χ0) is 26.2. The Morgan fingerprint density at radius 2 is 1.78 bits per heavy atom. The highest BCUT2D eigenvalue weighted by Gasteiger charge is 2.51. The normalized spacial score (nSPS) is 25.3. The number of unbranched alkanes of at least 4 members (excludes halogenated alkanes) is 4. The first-order chi connectivity index (χ1) is 18.1. The van der Waals surface area contributed by atoms with Gasteiger partial charge in [-0.25, -0.2) is 0 Å². The fraction of sp³-hybridized carbons (Fsp3) is 0.667. The summed E-state index contributed by atoms with van der Waals surface area (Å²) in [5.41, 5.74) is 1.38. The van der Waals surface area contributed by atoms with Crippen LogP contribution >= 0.6 is 0 Å². The lowest BCUT2D eigenvalue weighted by Gasteiger charge is -2.44. The van der Waals surface area contributed by atoms with E-state index in [9.17, 15) is 19.8 Å². The molecule has 4 rings (SSSR count). The van der Waals surface area contributed by atoms with Crippen LogP contribution in [0.15, 0.2) is 35.9 Å². The third-order valence-electron chi connectivity index (χ3n) is 8.20. The number of nitrogens with one attached hydrogen (secondary N) is 1. The van der Waals surface area contributed by atoms with Crippen LogP contribution in [0.5, 0.6) is 5.75 Å². The number of carbonyl (C=O) groups excluding carboxylic acids is 2. The molecule has 0 bridgehead atoms. The number of fused-ring (bicyclic) bond motifs is 3. The van der Waals surface area contributed by atoms with E-state index in [1.54, 1.807) is 0 Å². The number of aliphatic hydroxyl groups excluding tert-OH is 2. The van der Waals surface area contributed by atoms with Crippen molar-refractivity contribution in [1.82, 2.24) is 10.2 Å². The summed E-state index contributed by atoms with van der Waals surface area (Å²) in [7, 11) is 0. The molecule has 0 saturated heterocycles. The lowest BCUT2D eigenvalue weighted by atomic mass is 9.77. The van der Waals surface area contributed by atoms with E-state index in [4.69, 9.17) is 4.74 Å². The van der Waals surface area contributed by atoms with E-state index in [0.29, 0.717) is 17.7 Å². The Bertz CT molecular complexity index is 940. The molecule has 4 unspecified atom stereocenters. The van der Waals surface area contributed by atoms with Crippen molar-refractivity contribution in [3.05, 3.63) is 41.5 Å². The fourth-order valence-electron chi connectivity index (χ4n) is 6.32. The van der Waals surface area contributed by atoms with E-state index >= 15 is 0 Å². The van der Waals surface area contributed by atoms with Crippen molar-refractivity contribution >= 4 is 11.8 Å². The van der Waals surface area contributed by atoms with Gasteiger partial charge in [0.2, 0.25) is 11.8 Å². The molecule has 0 spiro atoms. The van der Waals surface area contributed by atoms with Crippen molar-refractivity contribution in [3.63, 3.8) is 0 Å². The summed E-state index contributed by atoms with van der Waals surface area (Å²) < 4.78 is 6.25. The van der Waals surface area contributed by atoms with Gasteiger partial charge in [-0.1, -0.05) is 76.5 Å². The van der Waals surface area contributed by atoms with Gasteiger partial charge in [0.05, 0.1) is 18.6 Å². The summed E-state index contributed by atoms with van der Waals surface area (Å²) in [6.45, 7) is 2.17. The molecular weight excluding hydrogens is 468 g/mol. The molecule has 4 atom stereocenters. The minimum atomic E-state index is -0.945. The molecule has 3 aliphatic rings. The molecule has 2 amide bonds. The average molecular weight is 513 g/mol. The molecule has 3 N–H and O–H groups in total. The SMILES string of the molecule is CCCCCCCC(=O)N(C1CCCCCC1)C1C=C(C(=O)NCCO)C2c3ccccc3OC2C1O. The van der Waals surface area contributed by atoms with Gasteiger partial charge < -0.3 is 25.2 Å². The van der Waals surface area contributed by atoms with Crippen LogP contribution in [0.2, 0.25) is 0 Å². The minimum absolute atomic E-state index is 0.0450. The van der Waals surface area contributed by atoms with E-state index in [1.807, 2.05) is 35.2 Å². The largest absolute Gasteiger partial charge is 0.486 e. The van der Waals surface area contributed by atoms with E-state index in [0.717, 1.165) is 69.8 Å². The summed E-state index contributed by atoms with van der Waals surface area (Å²) in [5, 5.41) is 23.8. The molecule has 1 fully saturated rings. The maximum Gasteiger partial charge on any atom is 0.247 e. The highest BCUT2D eigenvalue weighted by molar-refractivity contribution is 5.96. The van der Waals surface area contributed by atoms with E-state index in [2.05, 4.69) is 12.2 Å². The second kappa shape index (κ2) is 13.4. The molecule has 1 aromatic rings. The molecule has 1 aliphatic heterocycles. The molecule has 0 radical (unpaired) electrons. The van der Waals surface area contributed by atoms with Crippen LogP contribution in [0.3, 0.4) is 0 Å². The smallest absolute Gasteiger partial charge is 0.247 e. The van der Waals surface area contributed by atoms with Gasteiger partial charge in [0, 0.05) is 30.1 Å². The Labute approximate surface area is 221 Å². The first-order valence-electron chi connectivity index (χ1n) is 14.4. The highest BCUT2D eigenvalue weighted by Crippen LogP contribution is 2.47. The van der Waals surface area contributed by atoms with Crippen molar-refractivity contribution in [1.29, 1.82) is 0 Å². The van der Waals surface area contributed by atoms with Crippen molar-refractivity contribution in [2.75, 3.05) is 13.2 Å².